The van der Waals surface area contributed by atoms with Crippen LogP contribution in [-0.2, 0) is 0 Å². The molecule has 1 atom stereocenters. The smallest absolute Gasteiger partial charge is 0.000397 e. The molecule has 1 unspecified atom stereocenters. The van der Waals surface area contributed by atoms with Crippen molar-refractivity contribution in [2.45, 2.75) is 46.0 Å². The Morgan fingerprint density at radius 1 is 1.21 bits per heavy atom. The van der Waals surface area contributed by atoms with Crippen molar-refractivity contribution in [3.63, 3.8) is 0 Å². The predicted octanol–water partition coefficient (Wildman–Crippen LogP) is 2.48. The number of nitrogens with zero attached hydrogens (tertiary/aromatic N) is 1. The monoisotopic (exact) mass is 200 g/mol. The second kappa shape index (κ2) is 9.47. The molecule has 0 aliphatic rings. The second-order valence-electron chi connectivity index (χ2n) is 4.51. The van der Waals surface area contributed by atoms with Crippen molar-refractivity contribution >= 4 is 0 Å². The third-order valence-corrected chi connectivity index (χ3v) is 2.65. The first-order valence-electron chi connectivity index (χ1n) is 6.09. The van der Waals surface area contributed by atoms with Crippen molar-refractivity contribution in [3.8, 4) is 0 Å². The molecule has 0 rings (SSSR count). The highest BCUT2D eigenvalue weighted by Crippen LogP contribution is 2.07. The molecule has 0 saturated heterocycles. The van der Waals surface area contributed by atoms with Crippen LogP contribution < -0.4 is 5.73 Å². The molecule has 0 aliphatic heterocycles. The van der Waals surface area contributed by atoms with Crippen LogP contribution in [-0.4, -0.2) is 31.6 Å². The zero-order chi connectivity index (χ0) is 10.8. The molecule has 2 N–H and O–H groups in total. The van der Waals surface area contributed by atoms with E-state index >= 15 is 0 Å². The zero-order valence-electron chi connectivity index (χ0n) is 10.3. The Bertz CT molecular complexity index is 115. The molecule has 0 aliphatic carbocycles. The van der Waals surface area contributed by atoms with Gasteiger partial charge in [-0.05, 0) is 45.3 Å². The number of unbranched alkanes of at least 4 members (excludes halogenated alkanes) is 2. The summed E-state index contributed by atoms with van der Waals surface area (Å²) in [6.07, 6.45) is 6.42. The number of hydrogen-bond donors (Lipinski definition) is 1. The topological polar surface area (TPSA) is 29.3 Å². The Balaban J connectivity index is 3.30. The summed E-state index contributed by atoms with van der Waals surface area (Å²) in [6, 6.07) is 0. The van der Waals surface area contributed by atoms with Crippen LogP contribution >= 0.6 is 0 Å². The summed E-state index contributed by atoms with van der Waals surface area (Å²) < 4.78 is 0. The largest absolute Gasteiger partial charge is 0.330 e. The molecule has 0 aromatic carbocycles. The molecule has 0 saturated carbocycles. The van der Waals surface area contributed by atoms with E-state index in [0.29, 0.717) is 0 Å². The van der Waals surface area contributed by atoms with Crippen LogP contribution in [0.4, 0.5) is 0 Å². The molecular formula is C12H28N2. The van der Waals surface area contributed by atoms with Crippen molar-refractivity contribution in [1.29, 1.82) is 0 Å². The lowest BCUT2D eigenvalue weighted by Crippen LogP contribution is -2.25. The molecule has 86 valence electrons. The summed E-state index contributed by atoms with van der Waals surface area (Å²) in [6.45, 7) is 7.93. The number of nitrogens with two attached hydrogens (primary N) is 1. The van der Waals surface area contributed by atoms with Gasteiger partial charge in [0.15, 0.2) is 0 Å². The summed E-state index contributed by atoms with van der Waals surface area (Å²) in [5.74, 6) is 0.847. The maximum Gasteiger partial charge on any atom is 0.000397 e. The van der Waals surface area contributed by atoms with Crippen LogP contribution in [0.25, 0.3) is 0 Å². The highest BCUT2D eigenvalue weighted by molar-refractivity contribution is 4.59. The van der Waals surface area contributed by atoms with Gasteiger partial charge in [0.2, 0.25) is 0 Å². The average Bonchev–Trinajstić information content (AvgIpc) is 2.13. The summed E-state index contributed by atoms with van der Waals surface area (Å²) >= 11 is 0. The van der Waals surface area contributed by atoms with E-state index in [4.69, 9.17) is 5.73 Å². The molecule has 0 aromatic heterocycles. The van der Waals surface area contributed by atoms with Gasteiger partial charge >= 0.3 is 0 Å². The van der Waals surface area contributed by atoms with Crippen LogP contribution in [0.2, 0.25) is 0 Å². The lowest BCUT2D eigenvalue weighted by molar-refractivity contribution is 0.272. The van der Waals surface area contributed by atoms with Gasteiger partial charge in [-0.3, -0.25) is 0 Å². The summed E-state index contributed by atoms with van der Waals surface area (Å²) in [5.41, 5.74) is 5.45. The van der Waals surface area contributed by atoms with E-state index in [1.54, 1.807) is 0 Å². The van der Waals surface area contributed by atoms with Crippen molar-refractivity contribution < 1.29 is 0 Å². The third kappa shape index (κ3) is 8.52. The fourth-order valence-electron chi connectivity index (χ4n) is 1.91. The van der Waals surface area contributed by atoms with Gasteiger partial charge in [0.05, 0.1) is 0 Å². The van der Waals surface area contributed by atoms with E-state index < -0.39 is 0 Å². The predicted molar refractivity (Wildman–Crippen MR) is 64.5 cm³/mol. The minimum atomic E-state index is 0.843. The zero-order valence-corrected chi connectivity index (χ0v) is 10.3. The van der Waals surface area contributed by atoms with Gasteiger partial charge in [-0.15, -0.1) is 0 Å². The highest BCUT2D eigenvalue weighted by Gasteiger charge is 2.04. The maximum atomic E-state index is 5.45. The van der Waals surface area contributed by atoms with E-state index in [1.807, 2.05) is 0 Å². The third-order valence-electron chi connectivity index (χ3n) is 2.65. The van der Waals surface area contributed by atoms with Gasteiger partial charge in [0, 0.05) is 6.54 Å². The van der Waals surface area contributed by atoms with Gasteiger partial charge < -0.3 is 10.6 Å². The normalized spacial score (nSPS) is 13.5. The molecule has 0 spiro atoms. The van der Waals surface area contributed by atoms with Crippen LogP contribution in [0, 0.1) is 5.92 Å². The van der Waals surface area contributed by atoms with E-state index in [9.17, 15) is 0 Å². The van der Waals surface area contributed by atoms with E-state index in [0.717, 1.165) is 12.5 Å². The molecule has 0 fully saturated rings. The van der Waals surface area contributed by atoms with Crippen molar-refractivity contribution in [2.24, 2.45) is 11.7 Å². The Morgan fingerprint density at radius 2 is 1.93 bits per heavy atom. The molecule has 0 amide bonds. The van der Waals surface area contributed by atoms with Gasteiger partial charge in [-0.25, -0.2) is 0 Å². The highest BCUT2D eigenvalue weighted by atomic mass is 15.1. The van der Waals surface area contributed by atoms with E-state index in [-0.39, 0.29) is 0 Å². The standard InChI is InChI=1S/C12H28N2/c1-4-8-12(2)11-14(3)10-7-5-6-9-13/h12H,4-11,13H2,1-3H3. The maximum absolute atomic E-state index is 5.45. The first kappa shape index (κ1) is 13.9. The molecule has 14 heavy (non-hydrogen) atoms. The van der Waals surface area contributed by atoms with Crippen molar-refractivity contribution in [3.05, 3.63) is 0 Å². The second-order valence-corrected chi connectivity index (χ2v) is 4.51. The number of rotatable bonds is 9. The average molecular weight is 200 g/mol. The molecule has 2 heteroatoms. The quantitative estimate of drug-likeness (QED) is 0.579. The lowest BCUT2D eigenvalue weighted by atomic mass is 10.1. The number of hydrogen-bond acceptors (Lipinski definition) is 2. The van der Waals surface area contributed by atoms with Gasteiger partial charge in [-0.2, -0.15) is 0 Å². The molecule has 0 heterocycles. The lowest BCUT2D eigenvalue weighted by Gasteiger charge is -2.20. The fraction of sp³-hybridized carbons (Fsp3) is 1.00. The van der Waals surface area contributed by atoms with Crippen molar-refractivity contribution in [1.82, 2.24) is 4.90 Å². The molecule has 0 radical (unpaired) electrons. The van der Waals surface area contributed by atoms with Crippen LogP contribution in [0.15, 0.2) is 0 Å². The Hall–Kier alpha value is -0.0800. The summed E-state index contributed by atoms with van der Waals surface area (Å²) in [4.78, 5) is 2.46. The first-order chi connectivity index (χ1) is 6.70. The SMILES string of the molecule is CCCC(C)CN(C)CCCCCN. The van der Waals surface area contributed by atoms with Gasteiger partial charge in [-0.1, -0.05) is 26.7 Å². The molecule has 0 bridgehead atoms. The molecular weight excluding hydrogens is 172 g/mol. The van der Waals surface area contributed by atoms with E-state index in [1.165, 1.54) is 45.2 Å². The van der Waals surface area contributed by atoms with E-state index in [2.05, 4.69) is 25.8 Å². The Morgan fingerprint density at radius 3 is 2.50 bits per heavy atom. The fourth-order valence-corrected chi connectivity index (χ4v) is 1.91. The minimum Gasteiger partial charge on any atom is -0.330 e. The van der Waals surface area contributed by atoms with Gasteiger partial charge in [0.25, 0.3) is 0 Å². The Kier molecular flexibility index (Phi) is 9.42. The first-order valence-corrected chi connectivity index (χ1v) is 6.09. The van der Waals surface area contributed by atoms with Crippen molar-refractivity contribution in [2.75, 3.05) is 26.7 Å². The van der Waals surface area contributed by atoms with Crippen LogP contribution in [0.1, 0.15) is 46.0 Å². The summed E-state index contributed by atoms with van der Waals surface area (Å²) in [7, 11) is 2.23. The summed E-state index contributed by atoms with van der Waals surface area (Å²) in [5, 5.41) is 0. The Labute approximate surface area is 89.9 Å². The van der Waals surface area contributed by atoms with Gasteiger partial charge in [0.1, 0.15) is 0 Å². The van der Waals surface area contributed by atoms with Crippen LogP contribution in [0.3, 0.4) is 0 Å². The molecule has 2 nitrogen and oxygen atoms in total. The minimum absolute atomic E-state index is 0.843. The van der Waals surface area contributed by atoms with Crippen LogP contribution in [0.5, 0.6) is 0 Å². The molecule has 0 aromatic rings.